The fraction of sp³-hybridized carbons (Fsp3) is 0.417. The molecule has 1 aromatic rings. The highest BCUT2D eigenvalue weighted by molar-refractivity contribution is 5.94. The lowest BCUT2D eigenvalue weighted by Gasteiger charge is -2.21. The molecule has 1 rings (SSSR count). The number of carbonyl (C=O) groups excluding carboxylic acids is 1. The predicted octanol–water partition coefficient (Wildman–Crippen LogP) is 2.18. The molecule has 0 aliphatic rings. The van der Waals surface area contributed by atoms with E-state index in [4.69, 9.17) is 0 Å². The first-order chi connectivity index (χ1) is 6.93. The third kappa shape index (κ3) is 2.49. The molecule has 0 saturated heterocycles. The minimum Gasteiger partial charge on any atom is -0.508 e. The molecule has 82 valence electrons. The molecule has 3 nitrogen and oxygen atoms in total. The summed E-state index contributed by atoms with van der Waals surface area (Å²) in [7, 11) is 1.77. The van der Waals surface area contributed by atoms with E-state index in [1.54, 1.807) is 37.1 Å². The van der Waals surface area contributed by atoms with Crippen molar-refractivity contribution >= 4 is 5.91 Å². The second-order valence-electron chi connectivity index (χ2n) is 4.01. The largest absolute Gasteiger partial charge is 0.508 e. The number of aryl methyl sites for hydroxylation is 1. The molecular formula is C12H17NO2. The van der Waals surface area contributed by atoms with E-state index in [1.165, 1.54) is 0 Å². The fourth-order valence-electron chi connectivity index (χ4n) is 1.23. The van der Waals surface area contributed by atoms with Crippen LogP contribution < -0.4 is 0 Å². The van der Waals surface area contributed by atoms with E-state index < -0.39 is 0 Å². The molecule has 0 aromatic heterocycles. The lowest BCUT2D eigenvalue weighted by molar-refractivity contribution is 0.0755. The topological polar surface area (TPSA) is 40.5 Å². The van der Waals surface area contributed by atoms with Crippen molar-refractivity contribution in [1.82, 2.24) is 4.90 Å². The third-order valence-electron chi connectivity index (χ3n) is 2.54. The Balaban J connectivity index is 2.97. The molecule has 0 saturated carbocycles. The van der Waals surface area contributed by atoms with E-state index in [9.17, 15) is 9.90 Å². The van der Waals surface area contributed by atoms with Gasteiger partial charge in [0.15, 0.2) is 0 Å². The van der Waals surface area contributed by atoms with Gasteiger partial charge < -0.3 is 10.0 Å². The maximum absolute atomic E-state index is 11.9. The first-order valence-corrected chi connectivity index (χ1v) is 5.00. The predicted molar refractivity (Wildman–Crippen MR) is 60.1 cm³/mol. The van der Waals surface area contributed by atoms with Gasteiger partial charge in [-0.2, -0.15) is 0 Å². The average molecular weight is 207 g/mol. The molecule has 1 amide bonds. The monoisotopic (exact) mass is 207 g/mol. The number of carbonyl (C=O) groups is 1. The normalized spacial score (nSPS) is 10.5. The second-order valence-corrected chi connectivity index (χ2v) is 4.01. The fourth-order valence-corrected chi connectivity index (χ4v) is 1.23. The van der Waals surface area contributed by atoms with Gasteiger partial charge in [0, 0.05) is 18.7 Å². The van der Waals surface area contributed by atoms with Gasteiger partial charge in [-0.15, -0.1) is 0 Å². The van der Waals surface area contributed by atoms with Crippen LogP contribution in [0.25, 0.3) is 0 Å². The Morgan fingerprint density at radius 2 is 2.00 bits per heavy atom. The van der Waals surface area contributed by atoms with Crippen molar-refractivity contribution in [2.24, 2.45) is 0 Å². The van der Waals surface area contributed by atoms with E-state index in [0.717, 1.165) is 5.56 Å². The van der Waals surface area contributed by atoms with Crippen LogP contribution in [-0.4, -0.2) is 29.0 Å². The Morgan fingerprint density at radius 1 is 1.40 bits per heavy atom. The minimum absolute atomic E-state index is 0.0203. The molecule has 0 unspecified atom stereocenters. The first-order valence-electron chi connectivity index (χ1n) is 5.00. The van der Waals surface area contributed by atoms with Crippen molar-refractivity contribution < 1.29 is 9.90 Å². The number of hydrogen-bond acceptors (Lipinski definition) is 2. The Kier molecular flexibility index (Phi) is 3.35. The quantitative estimate of drug-likeness (QED) is 0.807. The summed E-state index contributed by atoms with van der Waals surface area (Å²) >= 11 is 0. The molecule has 1 N–H and O–H groups in total. The van der Waals surface area contributed by atoms with Crippen molar-refractivity contribution in [3.05, 3.63) is 29.3 Å². The summed E-state index contributed by atoms with van der Waals surface area (Å²) in [4.78, 5) is 13.6. The molecule has 0 bridgehead atoms. The third-order valence-corrected chi connectivity index (χ3v) is 2.54. The number of rotatable bonds is 2. The lowest BCUT2D eigenvalue weighted by atomic mass is 10.1. The van der Waals surface area contributed by atoms with Crippen LogP contribution in [0.2, 0.25) is 0 Å². The summed E-state index contributed by atoms with van der Waals surface area (Å²) < 4.78 is 0. The van der Waals surface area contributed by atoms with Crippen LogP contribution in [0.1, 0.15) is 29.8 Å². The number of phenolic OH excluding ortho intramolecular Hbond substituents is 1. The van der Waals surface area contributed by atoms with Crippen LogP contribution in [0.3, 0.4) is 0 Å². The molecule has 0 fully saturated rings. The Labute approximate surface area is 90.3 Å². The van der Waals surface area contributed by atoms with Gasteiger partial charge in [-0.3, -0.25) is 4.79 Å². The van der Waals surface area contributed by atoms with Crippen molar-refractivity contribution in [1.29, 1.82) is 0 Å². The summed E-state index contributed by atoms with van der Waals surface area (Å²) in [5.74, 6) is 0.201. The Hall–Kier alpha value is -1.51. The number of benzene rings is 1. The highest BCUT2D eigenvalue weighted by Crippen LogP contribution is 2.18. The van der Waals surface area contributed by atoms with Crippen molar-refractivity contribution in [2.75, 3.05) is 7.05 Å². The van der Waals surface area contributed by atoms with Gasteiger partial charge in [0.05, 0.1) is 0 Å². The van der Waals surface area contributed by atoms with E-state index in [2.05, 4.69) is 0 Å². The van der Waals surface area contributed by atoms with Crippen LogP contribution in [-0.2, 0) is 0 Å². The lowest BCUT2D eigenvalue weighted by Crippen LogP contribution is -2.32. The van der Waals surface area contributed by atoms with Crippen LogP contribution in [0, 0.1) is 6.92 Å². The van der Waals surface area contributed by atoms with E-state index >= 15 is 0 Å². The van der Waals surface area contributed by atoms with Gasteiger partial charge >= 0.3 is 0 Å². The van der Waals surface area contributed by atoms with E-state index in [1.807, 2.05) is 13.8 Å². The minimum atomic E-state index is -0.0203. The van der Waals surface area contributed by atoms with Gasteiger partial charge in [-0.25, -0.2) is 0 Å². The maximum atomic E-state index is 11.9. The zero-order chi connectivity index (χ0) is 11.6. The standard InChI is InChI=1S/C12H17NO2/c1-8(2)13(4)12(15)10-5-6-11(14)9(3)7-10/h5-8,14H,1-4H3. The van der Waals surface area contributed by atoms with Crippen LogP contribution >= 0.6 is 0 Å². The SMILES string of the molecule is Cc1cc(C(=O)N(C)C(C)C)ccc1O. The summed E-state index contributed by atoms with van der Waals surface area (Å²) in [5, 5.41) is 9.35. The first kappa shape index (κ1) is 11.6. The van der Waals surface area contributed by atoms with E-state index in [0.29, 0.717) is 5.56 Å². The molecule has 3 heteroatoms. The summed E-state index contributed by atoms with van der Waals surface area (Å²) in [6, 6.07) is 5.07. The van der Waals surface area contributed by atoms with Gasteiger partial charge in [0.1, 0.15) is 5.75 Å². The summed E-state index contributed by atoms with van der Waals surface area (Å²) in [6.07, 6.45) is 0. The summed E-state index contributed by atoms with van der Waals surface area (Å²) in [5.41, 5.74) is 1.33. The Bertz CT molecular complexity index is 372. The molecule has 0 radical (unpaired) electrons. The van der Waals surface area contributed by atoms with Crippen molar-refractivity contribution in [3.8, 4) is 5.75 Å². The molecular weight excluding hydrogens is 190 g/mol. The molecule has 1 aromatic carbocycles. The van der Waals surface area contributed by atoms with Crippen molar-refractivity contribution in [2.45, 2.75) is 26.8 Å². The molecule has 0 aliphatic heterocycles. The number of aromatic hydroxyl groups is 1. The molecule has 0 heterocycles. The molecule has 15 heavy (non-hydrogen) atoms. The number of amides is 1. The number of phenols is 1. The highest BCUT2D eigenvalue weighted by atomic mass is 16.3. The number of hydrogen-bond donors (Lipinski definition) is 1. The van der Waals surface area contributed by atoms with Crippen LogP contribution in [0.15, 0.2) is 18.2 Å². The van der Waals surface area contributed by atoms with Crippen molar-refractivity contribution in [3.63, 3.8) is 0 Å². The van der Waals surface area contributed by atoms with Crippen LogP contribution in [0.5, 0.6) is 5.75 Å². The average Bonchev–Trinajstić information content (AvgIpc) is 2.19. The van der Waals surface area contributed by atoms with E-state index in [-0.39, 0.29) is 17.7 Å². The Morgan fingerprint density at radius 3 is 2.47 bits per heavy atom. The molecule has 0 aliphatic carbocycles. The molecule has 0 atom stereocenters. The second kappa shape index (κ2) is 4.34. The van der Waals surface area contributed by atoms with Gasteiger partial charge in [0.25, 0.3) is 5.91 Å². The van der Waals surface area contributed by atoms with Gasteiger partial charge in [0.2, 0.25) is 0 Å². The molecule has 0 spiro atoms. The van der Waals surface area contributed by atoms with Gasteiger partial charge in [-0.05, 0) is 44.5 Å². The maximum Gasteiger partial charge on any atom is 0.253 e. The van der Waals surface area contributed by atoms with Crippen LogP contribution in [0.4, 0.5) is 0 Å². The smallest absolute Gasteiger partial charge is 0.253 e. The van der Waals surface area contributed by atoms with Gasteiger partial charge in [-0.1, -0.05) is 0 Å². The number of nitrogens with zero attached hydrogens (tertiary/aromatic N) is 1. The zero-order valence-electron chi connectivity index (χ0n) is 9.61. The zero-order valence-corrected chi connectivity index (χ0v) is 9.61. The summed E-state index contributed by atoms with van der Waals surface area (Å²) in [6.45, 7) is 5.71. The highest BCUT2D eigenvalue weighted by Gasteiger charge is 2.14.